The largest absolute Gasteiger partial charge is 0.399 e. The number of rotatable bonds is 8. The van der Waals surface area contributed by atoms with Crippen LogP contribution < -0.4 is 5.73 Å². The van der Waals surface area contributed by atoms with Crippen LogP contribution in [0.2, 0.25) is 0 Å². The van der Waals surface area contributed by atoms with E-state index in [0.717, 1.165) is 50.8 Å². The molecular formula is C18H28N2O. The molecule has 116 valence electrons. The van der Waals surface area contributed by atoms with Crippen LogP contribution in [0.4, 0.5) is 5.69 Å². The number of benzene rings is 1. The lowest BCUT2D eigenvalue weighted by molar-refractivity contribution is -0.137. The highest BCUT2D eigenvalue weighted by molar-refractivity contribution is 5.79. The van der Waals surface area contributed by atoms with Gasteiger partial charge in [0.05, 0.1) is 0 Å². The molecule has 1 aromatic carbocycles. The summed E-state index contributed by atoms with van der Waals surface area (Å²) < 4.78 is 0. The minimum absolute atomic E-state index is 0.194. The zero-order chi connectivity index (χ0) is 15.2. The lowest BCUT2D eigenvalue weighted by Crippen LogP contribution is -2.37. The molecule has 0 heterocycles. The monoisotopic (exact) mass is 288 g/mol. The fraction of sp³-hybridized carbons (Fsp3) is 0.611. The first-order valence-electron chi connectivity index (χ1n) is 8.30. The summed E-state index contributed by atoms with van der Waals surface area (Å²) in [6.45, 7) is 5.04. The highest BCUT2D eigenvalue weighted by Crippen LogP contribution is 2.31. The summed E-state index contributed by atoms with van der Waals surface area (Å²) in [4.78, 5) is 14.9. The summed E-state index contributed by atoms with van der Waals surface area (Å²) in [5.41, 5.74) is 7.68. The molecule has 1 aromatic rings. The smallest absolute Gasteiger partial charge is 0.226 e. The van der Waals surface area contributed by atoms with Crippen molar-refractivity contribution in [3.05, 3.63) is 29.8 Å². The van der Waals surface area contributed by atoms with E-state index in [1.165, 1.54) is 5.56 Å². The molecule has 3 heteroatoms. The quantitative estimate of drug-likeness (QED) is 0.736. The number of nitrogens with two attached hydrogens (primary N) is 1. The van der Waals surface area contributed by atoms with Crippen LogP contribution in [0.3, 0.4) is 0 Å². The predicted octanol–water partition coefficient (Wildman–Crippen LogP) is 3.98. The molecule has 21 heavy (non-hydrogen) atoms. The molecule has 0 aromatic heterocycles. The van der Waals surface area contributed by atoms with Gasteiger partial charge in [-0.3, -0.25) is 4.79 Å². The van der Waals surface area contributed by atoms with E-state index in [-0.39, 0.29) is 5.92 Å². The molecule has 1 amide bonds. The third-order valence-corrected chi connectivity index (χ3v) is 4.35. The lowest BCUT2D eigenvalue weighted by atomic mass is 9.97. The van der Waals surface area contributed by atoms with Gasteiger partial charge in [-0.15, -0.1) is 0 Å². The molecular weight excluding hydrogens is 260 g/mol. The first kappa shape index (κ1) is 15.9. The van der Waals surface area contributed by atoms with Gasteiger partial charge in [-0.1, -0.05) is 38.8 Å². The van der Waals surface area contributed by atoms with Crippen molar-refractivity contribution in [2.75, 3.05) is 5.73 Å². The van der Waals surface area contributed by atoms with Crippen molar-refractivity contribution >= 4 is 11.6 Å². The van der Waals surface area contributed by atoms with Gasteiger partial charge in [0.15, 0.2) is 0 Å². The van der Waals surface area contributed by atoms with E-state index < -0.39 is 0 Å². The van der Waals surface area contributed by atoms with E-state index in [0.29, 0.717) is 11.9 Å². The Morgan fingerprint density at radius 3 is 2.48 bits per heavy atom. The van der Waals surface area contributed by atoms with Crippen molar-refractivity contribution in [1.29, 1.82) is 0 Å². The number of hydrogen-bond acceptors (Lipinski definition) is 2. The number of anilines is 1. The SMILES string of the molecule is CCCCC(CC)C(=O)N(Cc1ccc(N)cc1)C1CC1. The minimum atomic E-state index is 0.194. The van der Waals surface area contributed by atoms with Crippen LogP contribution in [0.15, 0.2) is 24.3 Å². The van der Waals surface area contributed by atoms with Crippen LogP contribution >= 0.6 is 0 Å². The van der Waals surface area contributed by atoms with E-state index in [1.54, 1.807) is 0 Å². The average molecular weight is 288 g/mol. The van der Waals surface area contributed by atoms with Crippen molar-refractivity contribution in [1.82, 2.24) is 4.90 Å². The van der Waals surface area contributed by atoms with Crippen LogP contribution in [-0.2, 0) is 11.3 Å². The van der Waals surface area contributed by atoms with Gasteiger partial charge in [0.25, 0.3) is 0 Å². The maximum Gasteiger partial charge on any atom is 0.226 e. The number of carbonyl (C=O) groups is 1. The second-order valence-electron chi connectivity index (χ2n) is 6.19. The van der Waals surface area contributed by atoms with Gasteiger partial charge in [0.1, 0.15) is 0 Å². The van der Waals surface area contributed by atoms with Crippen LogP contribution in [0.1, 0.15) is 57.9 Å². The Hall–Kier alpha value is -1.51. The van der Waals surface area contributed by atoms with Crippen LogP contribution in [-0.4, -0.2) is 16.8 Å². The van der Waals surface area contributed by atoms with Crippen molar-refractivity contribution < 1.29 is 4.79 Å². The summed E-state index contributed by atoms with van der Waals surface area (Å²) in [6.07, 6.45) is 6.59. The number of nitrogen functional groups attached to an aromatic ring is 1. The zero-order valence-electron chi connectivity index (χ0n) is 13.3. The Balaban J connectivity index is 2.03. The molecule has 1 saturated carbocycles. The van der Waals surface area contributed by atoms with Gasteiger partial charge in [0.2, 0.25) is 5.91 Å². The average Bonchev–Trinajstić information content (AvgIpc) is 3.32. The zero-order valence-corrected chi connectivity index (χ0v) is 13.3. The number of unbranched alkanes of at least 4 members (excludes halogenated alkanes) is 1. The third kappa shape index (κ3) is 4.48. The summed E-state index contributed by atoms with van der Waals surface area (Å²) in [5, 5.41) is 0. The summed E-state index contributed by atoms with van der Waals surface area (Å²) in [6, 6.07) is 8.36. The van der Waals surface area contributed by atoms with Crippen molar-refractivity contribution in [3.63, 3.8) is 0 Å². The van der Waals surface area contributed by atoms with Crippen molar-refractivity contribution in [3.8, 4) is 0 Å². The Bertz CT molecular complexity index is 451. The first-order valence-corrected chi connectivity index (χ1v) is 8.30. The Kier molecular flexibility index (Phi) is 5.66. The van der Waals surface area contributed by atoms with Crippen LogP contribution in [0, 0.1) is 5.92 Å². The van der Waals surface area contributed by atoms with E-state index in [2.05, 4.69) is 18.7 Å². The number of nitrogens with zero attached hydrogens (tertiary/aromatic N) is 1. The number of carbonyl (C=O) groups excluding carboxylic acids is 1. The highest BCUT2D eigenvalue weighted by atomic mass is 16.2. The standard InChI is InChI=1S/C18H28N2O/c1-3-5-6-15(4-2)18(21)20(17-11-12-17)13-14-7-9-16(19)10-8-14/h7-10,15,17H,3-6,11-13,19H2,1-2H3. The molecule has 0 spiro atoms. The number of amides is 1. The molecule has 1 aliphatic carbocycles. The molecule has 0 radical (unpaired) electrons. The van der Waals surface area contributed by atoms with E-state index >= 15 is 0 Å². The van der Waals surface area contributed by atoms with Crippen LogP contribution in [0.5, 0.6) is 0 Å². The lowest BCUT2D eigenvalue weighted by Gasteiger charge is -2.27. The second kappa shape index (κ2) is 7.48. The molecule has 3 nitrogen and oxygen atoms in total. The topological polar surface area (TPSA) is 46.3 Å². The van der Waals surface area contributed by atoms with Gasteiger partial charge in [-0.25, -0.2) is 0 Å². The normalized spacial score (nSPS) is 15.7. The van der Waals surface area contributed by atoms with E-state index in [4.69, 9.17) is 5.73 Å². The van der Waals surface area contributed by atoms with Crippen molar-refractivity contribution in [2.45, 2.75) is 65.0 Å². The maximum absolute atomic E-state index is 12.8. The van der Waals surface area contributed by atoms with Gasteiger partial charge < -0.3 is 10.6 Å². The summed E-state index contributed by atoms with van der Waals surface area (Å²) >= 11 is 0. The molecule has 1 fully saturated rings. The fourth-order valence-electron chi connectivity index (χ4n) is 2.78. The minimum Gasteiger partial charge on any atom is -0.399 e. The highest BCUT2D eigenvalue weighted by Gasteiger charge is 2.34. The molecule has 2 N–H and O–H groups in total. The third-order valence-electron chi connectivity index (χ3n) is 4.35. The Morgan fingerprint density at radius 1 is 1.29 bits per heavy atom. The first-order chi connectivity index (χ1) is 10.2. The molecule has 1 atom stereocenters. The summed E-state index contributed by atoms with van der Waals surface area (Å²) in [5.74, 6) is 0.546. The van der Waals surface area contributed by atoms with Crippen LogP contribution in [0.25, 0.3) is 0 Å². The van der Waals surface area contributed by atoms with E-state index in [1.807, 2.05) is 24.3 Å². The van der Waals surface area contributed by atoms with Crippen molar-refractivity contribution in [2.24, 2.45) is 5.92 Å². The maximum atomic E-state index is 12.8. The van der Waals surface area contributed by atoms with Gasteiger partial charge in [0, 0.05) is 24.2 Å². The van der Waals surface area contributed by atoms with E-state index in [9.17, 15) is 4.79 Å². The molecule has 0 aliphatic heterocycles. The molecule has 0 bridgehead atoms. The molecule has 0 saturated heterocycles. The van der Waals surface area contributed by atoms with Gasteiger partial charge in [-0.05, 0) is 43.4 Å². The molecule has 1 unspecified atom stereocenters. The van der Waals surface area contributed by atoms with Gasteiger partial charge >= 0.3 is 0 Å². The fourth-order valence-corrected chi connectivity index (χ4v) is 2.78. The Labute approximate surface area is 128 Å². The number of hydrogen-bond donors (Lipinski definition) is 1. The Morgan fingerprint density at radius 2 is 1.95 bits per heavy atom. The second-order valence-corrected chi connectivity index (χ2v) is 6.19. The predicted molar refractivity (Wildman–Crippen MR) is 87.7 cm³/mol. The molecule has 2 rings (SSSR count). The molecule has 1 aliphatic rings. The van der Waals surface area contributed by atoms with Gasteiger partial charge in [-0.2, -0.15) is 0 Å². The summed E-state index contributed by atoms with van der Waals surface area (Å²) in [7, 11) is 0.